The molecular formula is C29H30BrCl2N5O6S. The second-order valence-electron chi connectivity index (χ2n) is 10.8. The van der Waals surface area contributed by atoms with Crippen LogP contribution in [-0.4, -0.2) is 78.2 Å². The molecular weight excluding hydrogens is 697 g/mol. The standard InChI is InChI=1S/C29H30BrCl2N5O6S/c1-29(17-19-6-8-20(30)9-7-19)27(40)36(23-15-21(31)14-22(32)16-23)28-33-18-25(37(28)29)44(41,42)35-12-10-34(11-13-35)24(38)4-3-5-26(39)43-2/h6-9,14-16,18H,3-5,10-13,17H2,1-2H3. The van der Waals surface area contributed by atoms with Crippen LogP contribution in [0.5, 0.6) is 0 Å². The molecule has 5 rings (SSSR count). The number of rotatable bonds is 9. The van der Waals surface area contributed by atoms with Crippen molar-refractivity contribution in [2.45, 2.75) is 43.2 Å². The molecule has 0 saturated carbocycles. The number of methoxy groups -OCH3 is 1. The Labute approximate surface area is 273 Å². The number of sulfonamides is 1. The van der Waals surface area contributed by atoms with Crippen LogP contribution in [0.15, 0.2) is 58.2 Å². The zero-order valence-electron chi connectivity index (χ0n) is 24.0. The summed E-state index contributed by atoms with van der Waals surface area (Å²) in [6, 6.07) is 12.1. The number of carbonyl (C=O) groups excluding carboxylic acids is 3. The van der Waals surface area contributed by atoms with Crippen molar-refractivity contribution in [3.05, 3.63) is 68.7 Å². The van der Waals surface area contributed by atoms with E-state index in [2.05, 4.69) is 25.7 Å². The van der Waals surface area contributed by atoms with Crippen LogP contribution in [0.25, 0.3) is 0 Å². The number of ether oxygens (including phenoxy) is 1. The van der Waals surface area contributed by atoms with Crippen LogP contribution in [0.2, 0.25) is 10.0 Å². The van der Waals surface area contributed by atoms with Crippen molar-refractivity contribution in [2.24, 2.45) is 0 Å². The van der Waals surface area contributed by atoms with Crippen LogP contribution in [0, 0.1) is 0 Å². The van der Waals surface area contributed by atoms with Gasteiger partial charge in [0.05, 0.1) is 19.0 Å². The zero-order valence-corrected chi connectivity index (χ0v) is 27.9. The zero-order chi connectivity index (χ0) is 31.8. The monoisotopic (exact) mass is 725 g/mol. The van der Waals surface area contributed by atoms with Gasteiger partial charge in [0, 0.05) is 60.0 Å². The topological polar surface area (TPSA) is 122 Å². The molecule has 0 aliphatic carbocycles. The number of anilines is 2. The first-order valence-corrected chi connectivity index (χ1v) is 16.8. The Kier molecular flexibility index (Phi) is 9.43. The molecule has 0 bridgehead atoms. The highest BCUT2D eigenvalue weighted by Crippen LogP contribution is 2.45. The van der Waals surface area contributed by atoms with Gasteiger partial charge in [-0.15, -0.1) is 0 Å². The number of benzene rings is 2. The average molecular weight is 727 g/mol. The molecule has 2 aliphatic rings. The van der Waals surface area contributed by atoms with Crippen molar-refractivity contribution in [1.29, 1.82) is 0 Å². The maximum Gasteiger partial charge on any atom is 0.305 e. The molecule has 3 aromatic rings. The molecule has 1 unspecified atom stereocenters. The van der Waals surface area contributed by atoms with E-state index in [0.29, 0.717) is 22.2 Å². The number of aromatic nitrogens is 2. The van der Waals surface area contributed by atoms with Gasteiger partial charge in [0.15, 0.2) is 5.03 Å². The van der Waals surface area contributed by atoms with Gasteiger partial charge in [0.25, 0.3) is 15.9 Å². The third-order valence-corrected chi connectivity index (χ3v) is 10.7. The van der Waals surface area contributed by atoms with E-state index >= 15 is 0 Å². The van der Waals surface area contributed by atoms with Crippen molar-refractivity contribution >= 4 is 78.6 Å². The number of esters is 1. The lowest BCUT2D eigenvalue weighted by Crippen LogP contribution is -2.51. The lowest BCUT2D eigenvalue weighted by Gasteiger charge is -2.34. The first-order valence-electron chi connectivity index (χ1n) is 13.8. The maximum absolute atomic E-state index is 14.2. The first-order chi connectivity index (χ1) is 20.8. The SMILES string of the molecule is COC(=O)CCCC(=O)N1CCN(S(=O)(=O)c2cnc3n2C(C)(Cc2ccc(Br)cc2)C(=O)N3c2cc(Cl)cc(Cl)c2)CC1. The van der Waals surface area contributed by atoms with Gasteiger partial charge in [-0.1, -0.05) is 51.3 Å². The Morgan fingerprint density at radius 3 is 2.27 bits per heavy atom. The number of nitrogens with zero attached hydrogens (tertiary/aromatic N) is 5. The van der Waals surface area contributed by atoms with Gasteiger partial charge in [-0.05, 0) is 49.2 Å². The molecule has 234 valence electrons. The molecule has 3 heterocycles. The summed E-state index contributed by atoms with van der Waals surface area (Å²) in [4.78, 5) is 45.7. The maximum atomic E-state index is 14.2. The number of halogens is 3. The van der Waals surface area contributed by atoms with E-state index in [1.807, 2.05) is 24.3 Å². The van der Waals surface area contributed by atoms with Gasteiger partial charge in [-0.3, -0.25) is 19.0 Å². The summed E-state index contributed by atoms with van der Waals surface area (Å²) in [5, 5.41) is 0.491. The van der Waals surface area contributed by atoms with Crippen LogP contribution >= 0.6 is 39.1 Å². The molecule has 1 fully saturated rings. The molecule has 0 N–H and O–H groups in total. The Hall–Kier alpha value is -2.97. The summed E-state index contributed by atoms with van der Waals surface area (Å²) in [5.41, 5.74) is -0.187. The molecule has 1 atom stereocenters. The highest BCUT2D eigenvalue weighted by atomic mass is 79.9. The first kappa shape index (κ1) is 32.4. The molecule has 2 aromatic carbocycles. The van der Waals surface area contributed by atoms with Gasteiger partial charge in [0.2, 0.25) is 11.9 Å². The fraction of sp³-hybridized carbons (Fsp3) is 0.379. The Morgan fingerprint density at radius 2 is 1.66 bits per heavy atom. The van der Waals surface area contributed by atoms with Crippen LogP contribution in [0.1, 0.15) is 31.7 Å². The van der Waals surface area contributed by atoms with Crippen molar-refractivity contribution in [3.8, 4) is 0 Å². The second-order valence-corrected chi connectivity index (χ2v) is 14.5. The van der Waals surface area contributed by atoms with Gasteiger partial charge < -0.3 is 9.64 Å². The largest absolute Gasteiger partial charge is 0.469 e. The van der Waals surface area contributed by atoms with Crippen LogP contribution in [0.4, 0.5) is 11.6 Å². The fourth-order valence-electron chi connectivity index (χ4n) is 5.57. The van der Waals surface area contributed by atoms with E-state index in [1.165, 1.54) is 27.1 Å². The molecule has 2 amide bonds. The predicted octanol–water partition coefficient (Wildman–Crippen LogP) is 4.76. The Morgan fingerprint density at radius 1 is 1.02 bits per heavy atom. The smallest absolute Gasteiger partial charge is 0.305 e. The van der Waals surface area contributed by atoms with Crippen LogP contribution in [0.3, 0.4) is 0 Å². The molecule has 2 aliphatic heterocycles. The normalized spacial score (nSPS) is 18.9. The van der Waals surface area contributed by atoms with Gasteiger partial charge in [-0.25, -0.2) is 18.3 Å². The third-order valence-electron chi connectivity index (χ3n) is 7.83. The van der Waals surface area contributed by atoms with E-state index in [9.17, 15) is 22.8 Å². The minimum atomic E-state index is -4.14. The summed E-state index contributed by atoms with van der Waals surface area (Å²) in [5.74, 6) is -0.795. The fourth-order valence-corrected chi connectivity index (χ4v) is 7.95. The number of amides is 2. The van der Waals surface area contributed by atoms with E-state index in [4.69, 9.17) is 23.2 Å². The highest BCUT2D eigenvalue weighted by Gasteiger charge is 2.52. The lowest BCUT2D eigenvalue weighted by molar-refractivity contribution is -0.141. The Balaban J connectivity index is 1.45. The van der Waals surface area contributed by atoms with Crippen LogP contribution in [-0.2, 0) is 41.1 Å². The number of hydrogen-bond acceptors (Lipinski definition) is 7. The summed E-state index contributed by atoms with van der Waals surface area (Å²) < 4.78 is 36.5. The molecule has 44 heavy (non-hydrogen) atoms. The molecule has 1 saturated heterocycles. The number of carbonyl (C=O) groups is 3. The van der Waals surface area contributed by atoms with E-state index in [0.717, 1.165) is 10.0 Å². The van der Waals surface area contributed by atoms with Gasteiger partial charge >= 0.3 is 5.97 Å². The minimum absolute atomic E-state index is 0.0660. The molecule has 1 aromatic heterocycles. The summed E-state index contributed by atoms with van der Waals surface area (Å²) in [7, 11) is -2.85. The van der Waals surface area contributed by atoms with Crippen molar-refractivity contribution in [3.63, 3.8) is 0 Å². The molecule has 0 spiro atoms. The summed E-state index contributed by atoms with van der Waals surface area (Å²) in [6.07, 6.45) is 2.10. The number of imidazole rings is 1. The lowest BCUT2D eigenvalue weighted by atomic mass is 9.92. The van der Waals surface area contributed by atoms with Crippen molar-refractivity contribution in [2.75, 3.05) is 38.2 Å². The molecule has 11 nitrogen and oxygen atoms in total. The predicted molar refractivity (Wildman–Crippen MR) is 169 cm³/mol. The van der Waals surface area contributed by atoms with E-state index in [-0.39, 0.29) is 74.2 Å². The van der Waals surface area contributed by atoms with Gasteiger partial charge in [0.1, 0.15) is 5.54 Å². The highest BCUT2D eigenvalue weighted by molar-refractivity contribution is 9.10. The second kappa shape index (κ2) is 12.8. The van der Waals surface area contributed by atoms with Gasteiger partial charge in [-0.2, -0.15) is 4.31 Å². The third kappa shape index (κ3) is 6.25. The molecule has 15 heteroatoms. The average Bonchev–Trinajstić information content (AvgIpc) is 3.51. The van der Waals surface area contributed by atoms with E-state index in [1.54, 1.807) is 30.0 Å². The number of fused-ring (bicyclic) bond motifs is 1. The van der Waals surface area contributed by atoms with Crippen molar-refractivity contribution < 1.29 is 27.5 Å². The van der Waals surface area contributed by atoms with E-state index < -0.39 is 15.6 Å². The van der Waals surface area contributed by atoms with Crippen molar-refractivity contribution in [1.82, 2.24) is 18.8 Å². The van der Waals surface area contributed by atoms with Crippen LogP contribution < -0.4 is 4.90 Å². The quantitative estimate of drug-likeness (QED) is 0.292. The number of hydrogen-bond donors (Lipinski definition) is 0. The molecule has 0 radical (unpaired) electrons. The Bertz CT molecular complexity index is 1690. The summed E-state index contributed by atoms with van der Waals surface area (Å²) >= 11 is 16.0. The number of piperazine rings is 1. The summed E-state index contributed by atoms with van der Waals surface area (Å²) in [6.45, 7) is 2.21. The minimum Gasteiger partial charge on any atom is -0.469 e.